The molecule has 5 rings (SSSR count). The van der Waals surface area contributed by atoms with E-state index in [1.54, 1.807) is 48.5 Å². The monoisotopic (exact) mass is 934 g/mol. The van der Waals surface area contributed by atoms with E-state index >= 15 is 0 Å². The summed E-state index contributed by atoms with van der Waals surface area (Å²) in [7, 11) is 0. The van der Waals surface area contributed by atoms with Gasteiger partial charge in [0.15, 0.2) is 5.76 Å². The van der Waals surface area contributed by atoms with Gasteiger partial charge in [0, 0.05) is 67.9 Å². The third-order valence-electron chi connectivity index (χ3n) is 10.9. The number of amides is 3. The lowest BCUT2D eigenvalue weighted by atomic mass is 9.84. The fourth-order valence-electron chi connectivity index (χ4n) is 7.21. The molecule has 3 amide bonds. The SMILES string of the molecule is C/C(C(=O)NCCCC(CCCNC(=O)c1occc(=O)c1OCc1ccccc1)(CCCNC(=O)c1occc(=O)c1OCC1C=CC=CC1)[N+](=O)[O-])=C(/OCc1ccccc1)C(=O)/C=C\O. The summed E-state index contributed by atoms with van der Waals surface area (Å²) >= 11 is 0. The average Bonchev–Trinajstić information content (AvgIpc) is 3.35. The fourth-order valence-corrected chi connectivity index (χ4v) is 7.21. The highest BCUT2D eigenvalue weighted by molar-refractivity contribution is 6.08. The molecule has 358 valence electrons. The van der Waals surface area contributed by atoms with Gasteiger partial charge in [-0.05, 0) is 43.7 Å². The van der Waals surface area contributed by atoms with Gasteiger partial charge in [-0.3, -0.25) is 38.9 Å². The summed E-state index contributed by atoms with van der Waals surface area (Å²) in [5, 5.41) is 30.3. The molecule has 68 heavy (non-hydrogen) atoms. The van der Waals surface area contributed by atoms with Gasteiger partial charge in [-0.1, -0.05) is 85.0 Å². The van der Waals surface area contributed by atoms with Crippen molar-refractivity contribution in [2.75, 3.05) is 26.2 Å². The maximum atomic E-state index is 13.3. The molecule has 1 aliphatic carbocycles. The zero-order chi connectivity index (χ0) is 48.7. The summed E-state index contributed by atoms with van der Waals surface area (Å²) in [5.74, 6) is -4.50. The fraction of sp³-hybridized carbons (Fsp3) is 0.320. The van der Waals surface area contributed by atoms with E-state index in [9.17, 15) is 44.0 Å². The van der Waals surface area contributed by atoms with Crippen molar-refractivity contribution in [3.05, 3.63) is 187 Å². The van der Waals surface area contributed by atoms with Crippen molar-refractivity contribution in [2.24, 2.45) is 5.92 Å². The smallest absolute Gasteiger partial charge is 0.291 e. The summed E-state index contributed by atoms with van der Waals surface area (Å²) in [6.07, 6.45) is 12.0. The first-order valence-electron chi connectivity index (χ1n) is 22.0. The number of aliphatic hydroxyl groups is 1. The first-order valence-corrected chi connectivity index (χ1v) is 22.0. The van der Waals surface area contributed by atoms with Crippen LogP contribution in [0.2, 0.25) is 0 Å². The van der Waals surface area contributed by atoms with E-state index in [0.717, 1.165) is 41.9 Å². The van der Waals surface area contributed by atoms with E-state index in [4.69, 9.17) is 23.0 Å². The van der Waals surface area contributed by atoms with Gasteiger partial charge in [0.2, 0.25) is 45.2 Å². The van der Waals surface area contributed by atoms with Crippen LogP contribution in [0.4, 0.5) is 0 Å². The lowest BCUT2D eigenvalue weighted by molar-refractivity contribution is -0.574. The number of aliphatic hydroxyl groups excluding tert-OH is 1. The van der Waals surface area contributed by atoms with Crippen LogP contribution in [0.3, 0.4) is 0 Å². The predicted molar refractivity (Wildman–Crippen MR) is 248 cm³/mol. The highest BCUT2D eigenvalue weighted by atomic mass is 16.6. The van der Waals surface area contributed by atoms with Crippen LogP contribution in [0.5, 0.6) is 11.5 Å². The third-order valence-corrected chi connectivity index (χ3v) is 10.9. The van der Waals surface area contributed by atoms with Gasteiger partial charge < -0.3 is 44.1 Å². The van der Waals surface area contributed by atoms with Crippen molar-refractivity contribution in [1.29, 1.82) is 0 Å². The first kappa shape index (κ1) is 51.0. The van der Waals surface area contributed by atoms with Crippen LogP contribution in [0, 0.1) is 16.0 Å². The molecular formula is C50H54N4O14. The molecule has 4 aromatic rings. The second-order valence-electron chi connectivity index (χ2n) is 15.7. The Morgan fingerprint density at radius 3 is 1.81 bits per heavy atom. The molecular weight excluding hydrogens is 881 g/mol. The molecule has 18 nitrogen and oxygen atoms in total. The van der Waals surface area contributed by atoms with Crippen molar-refractivity contribution in [2.45, 2.75) is 70.6 Å². The molecule has 0 saturated carbocycles. The molecule has 2 atom stereocenters. The standard InChI is InChI=1S/C50H54N4O14/c1-35(42(39(56)20-29-55)66-32-36-14-5-2-6-15-36)47(59)51-26-11-23-50(54(62)63,24-12-27-52-48(60)45-43(40(57)21-30-64-45)67-33-37-16-7-3-8-17-37)25-13-28-53-49(61)46-44(41(58)22-31-65-46)68-34-38-18-9-4-10-19-38/h2-10,14-18,20-22,29-31,38,55H,11-13,19,23-28,32-34H2,1H3,(H,51,59)(H,52,60)(H,53,61)/b29-20-,42-35-. The number of carbonyl (C=O) groups excluding carboxylic acids is 4. The number of rotatable bonds is 27. The number of ketones is 1. The minimum Gasteiger partial charge on any atom is -0.515 e. The molecule has 0 spiro atoms. The van der Waals surface area contributed by atoms with Gasteiger partial charge in [0.05, 0.1) is 31.0 Å². The Kier molecular flexibility index (Phi) is 19.6. The number of allylic oxidation sites excluding steroid dienone is 4. The summed E-state index contributed by atoms with van der Waals surface area (Å²) in [6.45, 7) is 1.30. The molecule has 2 heterocycles. The number of hydrogen-bond acceptors (Lipinski definition) is 14. The number of carbonyl (C=O) groups is 4. The number of nitrogens with zero attached hydrogens (tertiary/aromatic N) is 1. The number of nitro groups is 1. The summed E-state index contributed by atoms with van der Waals surface area (Å²) in [4.78, 5) is 90.7. The number of nitrogens with one attached hydrogen (secondary N) is 3. The van der Waals surface area contributed by atoms with Crippen molar-refractivity contribution in [3.63, 3.8) is 0 Å². The molecule has 4 N–H and O–H groups in total. The van der Waals surface area contributed by atoms with Crippen molar-refractivity contribution in [1.82, 2.24) is 16.0 Å². The largest absolute Gasteiger partial charge is 0.515 e. The highest BCUT2D eigenvalue weighted by Gasteiger charge is 2.41. The number of hydrogen-bond donors (Lipinski definition) is 4. The van der Waals surface area contributed by atoms with Crippen LogP contribution in [-0.2, 0) is 27.5 Å². The van der Waals surface area contributed by atoms with Crippen LogP contribution in [-0.4, -0.2) is 65.3 Å². The third kappa shape index (κ3) is 15.0. The Bertz CT molecular complexity index is 2600. The minimum absolute atomic E-state index is 0.00856. The van der Waals surface area contributed by atoms with E-state index in [0.29, 0.717) is 12.7 Å². The van der Waals surface area contributed by atoms with E-state index in [-0.39, 0.29) is 118 Å². The summed E-state index contributed by atoms with van der Waals surface area (Å²) in [5.41, 5.74) is -1.36. The van der Waals surface area contributed by atoms with Gasteiger partial charge >= 0.3 is 0 Å². The van der Waals surface area contributed by atoms with Crippen molar-refractivity contribution < 1.29 is 52.3 Å². The molecule has 1 aliphatic rings. The van der Waals surface area contributed by atoms with E-state index < -0.39 is 44.8 Å². The lowest BCUT2D eigenvalue weighted by Gasteiger charge is -2.26. The maximum Gasteiger partial charge on any atom is 0.291 e. The molecule has 18 heteroatoms. The second-order valence-corrected chi connectivity index (χ2v) is 15.7. The molecule has 2 aromatic heterocycles. The zero-order valence-corrected chi connectivity index (χ0v) is 37.5. The van der Waals surface area contributed by atoms with Crippen LogP contribution in [0.15, 0.2) is 152 Å². The van der Waals surface area contributed by atoms with Gasteiger partial charge in [-0.25, -0.2) is 0 Å². The molecule has 0 fully saturated rings. The Hall–Kier alpha value is -8.02. The first-order chi connectivity index (χ1) is 32.9. The van der Waals surface area contributed by atoms with Gasteiger partial charge in [0.25, 0.3) is 17.7 Å². The normalized spacial score (nSPS) is 14.3. The van der Waals surface area contributed by atoms with E-state index in [1.807, 2.05) is 36.4 Å². The molecule has 2 unspecified atom stereocenters. The topological polar surface area (TPSA) is 256 Å². The molecule has 0 bridgehead atoms. The molecule has 2 aromatic carbocycles. The van der Waals surface area contributed by atoms with Gasteiger partial charge in [-0.15, -0.1) is 0 Å². The molecule has 0 radical (unpaired) electrons. The van der Waals surface area contributed by atoms with Gasteiger partial charge in [0.1, 0.15) is 13.2 Å². The Balaban J connectivity index is 1.25. The average molecular weight is 935 g/mol. The minimum atomic E-state index is -1.63. The zero-order valence-electron chi connectivity index (χ0n) is 37.5. The lowest BCUT2D eigenvalue weighted by Crippen LogP contribution is -2.41. The maximum absolute atomic E-state index is 13.3. The summed E-state index contributed by atoms with van der Waals surface area (Å²) in [6, 6.07) is 20.2. The van der Waals surface area contributed by atoms with E-state index in [1.165, 1.54) is 6.92 Å². The van der Waals surface area contributed by atoms with Crippen LogP contribution < -0.4 is 36.3 Å². The number of ether oxygens (including phenoxy) is 3. The predicted octanol–water partition coefficient (Wildman–Crippen LogP) is 6.45. The highest BCUT2D eigenvalue weighted by Crippen LogP contribution is 2.29. The van der Waals surface area contributed by atoms with Crippen molar-refractivity contribution in [3.8, 4) is 11.5 Å². The Morgan fingerprint density at radius 1 is 0.765 bits per heavy atom. The van der Waals surface area contributed by atoms with Crippen LogP contribution in [0.1, 0.15) is 84.1 Å². The van der Waals surface area contributed by atoms with Crippen LogP contribution >= 0.6 is 0 Å². The van der Waals surface area contributed by atoms with Crippen LogP contribution in [0.25, 0.3) is 0 Å². The Morgan fingerprint density at radius 2 is 1.29 bits per heavy atom. The molecule has 0 aliphatic heterocycles. The molecule has 0 saturated heterocycles. The van der Waals surface area contributed by atoms with Crippen molar-refractivity contribution >= 4 is 23.5 Å². The summed E-state index contributed by atoms with van der Waals surface area (Å²) < 4.78 is 27.9. The van der Waals surface area contributed by atoms with E-state index in [2.05, 4.69) is 16.0 Å². The quantitative estimate of drug-likeness (QED) is 0.0165. The number of benzene rings is 2. The second kappa shape index (κ2) is 26.2. The van der Waals surface area contributed by atoms with Gasteiger partial charge in [-0.2, -0.15) is 0 Å². The Labute approximate surface area is 391 Å².